The highest BCUT2D eigenvalue weighted by Crippen LogP contribution is 2.36. The second-order valence-electron chi connectivity index (χ2n) is 5.97. The first-order valence-electron chi connectivity index (χ1n) is 9.08. The summed E-state index contributed by atoms with van der Waals surface area (Å²) in [5.74, 6) is 4.17. The van der Waals surface area contributed by atoms with Crippen LogP contribution in [0.25, 0.3) is 0 Å². The molecule has 0 radical (unpaired) electrons. The normalized spacial score (nSPS) is 11.8. The third-order valence-corrected chi connectivity index (χ3v) is 4.14. The second kappa shape index (κ2) is 10.3. The van der Waals surface area contributed by atoms with Gasteiger partial charge in [0.25, 0.3) is 5.91 Å². The van der Waals surface area contributed by atoms with Crippen molar-refractivity contribution in [2.24, 2.45) is 5.10 Å². The van der Waals surface area contributed by atoms with Gasteiger partial charge in [0.1, 0.15) is 6.61 Å². The van der Waals surface area contributed by atoms with Crippen LogP contribution in [0.2, 0.25) is 5.02 Å². The molecule has 0 atom stereocenters. The largest absolute Gasteiger partial charge is 0.490 e. The van der Waals surface area contributed by atoms with Gasteiger partial charge >= 0.3 is 0 Å². The van der Waals surface area contributed by atoms with Gasteiger partial charge in [-0.2, -0.15) is 5.10 Å². The molecule has 0 saturated heterocycles. The van der Waals surface area contributed by atoms with E-state index in [4.69, 9.17) is 37.0 Å². The van der Waals surface area contributed by atoms with Crippen LogP contribution in [0.3, 0.4) is 0 Å². The van der Waals surface area contributed by atoms with Gasteiger partial charge in [0, 0.05) is 11.8 Å². The van der Waals surface area contributed by atoms with Crippen molar-refractivity contribution in [1.29, 1.82) is 0 Å². The van der Waals surface area contributed by atoms with E-state index in [-0.39, 0.29) is 25.9 Å². The highest BCUT2D eigenvalue weighted by Gasteiger charge is 2.14. The maximum Gasteiger partial charge on any atom is 0.259 e. The number of terminal acetylenes is 1. The van der Waals surface area contributed by atoms with E-state index in [9.17, 15) is 4.79 Å². The average Bonchev–Trinajstić information content (AvgIpc) is 3.20. The summed E-state index contributed by atoms with van der Waals surface area (Å²) in [4.78, 5) is 12.0. The van der Waals surface area contributed by atoms with Crippen molar-refractivity contribution < 1.29 is 23.7 Å². The number of ether oxygens (including phenoxy) is 4. The number of hydrogen-bond acceptors (Lipinski definition) is 7. The van der Waals surface area contributed by atoms with Crippen LogP contribution in [0.4, 0.5) is 5.69 Å². The molecule has 0 aliphatic carbocycles. The molecule has 30 heavy (non-hydrogen) atoms. The molecule has 1 amide bonds. The number of fused-ring (bicyclic) bond motifs is 1. The van der Waals surface area contributed by atoms with Gasteiger partial charge in [-0.3, -0.25) is 4.79 Å². The first-order chi connectivity index (χ1) is 14.6. The highest BCUT2D eigenvalue weighted by molar-refractivity contribution is 6.32. The fraction of sp³-hybridized carbons (Fsp3) is 0.238. The predicted octanol–water partition coefficient (Wildman–Crippen LogP) is 3.04. The van der Waals surface area contributed by atoms with Gasteiger partial charge in [-0.25, -0.2) is 5.43 Å². The molecule has 156 valence electrons. The average molecular weight is 430 g/mol. The minimum atomic E-state index is -0.325. The van der Waals surface area contributed by atoms with E-state index in [1.165, 1.54) is 6.21 Å². The molecule has 2 N–H and O–H groups in total. The number of carbonyl (C=O) groups is 1. The van der Waals surface area contributed by atoms with Crippen molar-refractivity contribution in [1.82, 2.24) is 5.43 Å². The van der Waals surface area contributed by atoms with E-state index in [0.29, 0.717) is 40.2 Å². The lowest BCUT2D eigenvalue weighted by atomic mass is 10.2. The van der Waals surface area contributed by atoms with E-state index in [1.54, 1.807) is 30.3 Å². The van der Waals surface area contributed by atoms with Crippen LogP contribution < -0.4 is 29.7 Å². The Morgan fingerprint density at radius 1 is 1.30 bits per heavy atom. The molecule has 2 aromatic rings. The van der Waals surface area contributed by atoms with Crippen molar-refractivity contribution in [3.05, 3.63) is 40.9 Å². The Morgan fingerprint density at radius 3 is 2.93 bits per heavy atom. The van der Waals surface area contributed by atoms with Gasteiger partial charge in [-0.15, -0.1) is 6.42 Å². The monoisotopic (exact) mass is 429 g/mol. The minimum Gasteiger partial charge on any atom is -0.490 e. The second-order valence-corrected chi connectivity index (χ2v) is 6.38. The number of anilines is 1. The number of nitrogens with zero attached hydrogens (tertiary/aromatic N) is 1. The number of carbonyl (C=O) groups excluding carboxylic acids is 1. The summed E-state index contributed by atoms with van der Waals surface area (Å²) in [6.07, 6.45) is 6.68. The van der Waals surface area contributed by atoms with Crippen molar-refractivity contribution in [2.45, 2.75) is 6.92 Å². The van der Waals surface area contributed by atoms with Crippen LogP contribution in [-0.4, -0.2) is 38.7 Å². The molecule has 0 bridgehead atoms. The molecule has 0 spiro atoms. The Labute approximate surface area is 179 Å². The van der Waals surface area contributed by atoms with Gasteiger partial charge in [0.2, 0.25) is 6.79 Å². The number of hydrazone groups is 1. The fourth-order valence-corrected chi connectivity index (χ4v) is 2.86. The Hall–Kier alpha value is -3.57. The molecule has 9 heteroatoms. The number of hydrogen-bond donors (Lipinski definition) is 2. The summed E-state index contributed by atoms with van der Waals surface area (Å²) in [6.45, 7) is 2.55. The Bertz CT molecular complexity index is 987. The van der Waals surface area contributed by atoms with Crippen molar-refractivity contribution >= 4 is 29.4 Å². The lowest BCUT2D eigenvalue weighted by Gasteiger charge is -2.12. The maximum atomic E-state index is 12.0. The lowest BCUT2D eigenvalue weighted by molar-refractivity contribution is -0.119. The SMILES string of the molecule is C#CCOc1c(Cl)cc(/C=N\NC(=O)CNc2ccc3c(c2)OCO3)cc1OCC. The van der Waals surface area contributed by atoms with E-state index in [0.717, 1.165) is 5.69 Å². The smallest absolute Gasteiger partial charge is 0.259 e. The predicted molar refractivity (Wildman–Crippen MR) is 114 cm³/mol. The number of rotatable bonds is 9. The Balaban J connectivity index is 1.56. The molecule has 0 aromatic heterocycles. The van der Waals surface area contributed by atoms with Crippen molar-refractivity contribution in [3.8, 4) is 35.3 Å². The van der Waals surface area contributed by atoms with Crippen molar-refractivity contribution in [3.63, 3.8) is 0 Å². The summed E-state index contributed by atoms with van der Waals surface area (Å²) in [5, 5.41) is 7.27. The topological polar surface area (TPSA) is 90.4 Å². The van der Waals surface area contributed by atoms with Crippen LogP contribution in [0.5, 0.6) is 23.0 Å². The first kappa shape index (κ1) is 21.1. The molecule has 1 aliphatic heterocycles. The summed E-state index contributed by atoms with van der Waals surface area (Å²) in [6, 6.07) is 8.67. The number of amides is 1. The zero-order valence-electron chi connectivity index (χ0n) is 16.2. The third-order valence-electron chi connectivity index (χ3n) is 3.86. The zero-order chi connectivity index (χ0) is 21.3. The number of nitrogens with one attached hydrogen (secondary N) is 2. The zero-order valence-corrected chi connectivity index (χ0v) is 17.0. The number of halogens is 1. The summed E-state index contributed by atoms with van der Waals surface area (Å²) < 4.78 is 21.5. The molecule has 0 fully saturated rings. The molecule has 1 heterocycles. The first-order valence-corrected chi connectivity index (χ1v) is 9.46. The van der Waals surface area contributed by atoms with Crippen LogP contribution in [0.1, 0.15) is 12.5 Å². The summed E-state index contributed by atoms with van der Waals surface area (Å²) in [5.41, 5.74) is 3.80. The van der Waals surface area contributed by atoms with Crippen LogP contribution in [-0.2, 0) is 4.79 Å². The van der Waals surface area contributed by atoms with Gasteiger partial charge < -0.3 is 24.3 Å². The molecule has 0 saturated carbocycles. The highest BCUT2D eigenvalue weighted by atomic mass is 35.5. The van der Waals surface area contributed by atoms with Crippen LogP contribution in [0.15, 0.2) is 35.4 Å². The summed E-state index contributed by atoms with van der Waals surface area (Å²) >= 11 is 6.25. The Kier molecular flexibility index (Phi) is 7.24. The number of benzene rings is 2. The van der Waals surface area contributed by atoms with Gasteiger partial charge in [-0.1, -0.05) is 17.5 Å². The lowest BCUT2D eigenvalue weighted by Crippen LogP contribution is -2.25. The molecule has 0 unspecified atom stereocenters. The van der Waals surface area contributed by atoms with E-state index in [1.807, 2.05) is 6.92 Å². The van der Waals surface area contributed by atoms with Gasteiger partial charge in [-0.05, 0) is 36.8 Å². The molecular formula is C21H20ClN3O5. The van der Waals surface area contributed by atoms with Crippen LogP contribution >= 0.6 is 11.6 Å². The fourth-order valence-electron chi connectivity index (χ4n) is 2.59. The Morgan fingerprint density at radius 2 is 2.13 bits per heavy atom. The van der Waals surface area contributed by atoms with Gasteiger partial charge in [0.15, 0.2) is 23.0 Å². The van der Waals surface area contributed by atoms with E-state index >= 15 is 0 Å². The summed E-state index contributed by atoms with van der Waals surface area (Å²) in [7, 11) is 0. The van der Waals surface area contributed by atoms with E-state index in [2.05, 4.69) is 21.8 Å². The quantitative estimate of drug-likeness (QED) is 0.362. The van der Waals surface area contributed by atoms with E-state index < -0.39 is 0 Å². The maximum absolute atomic E-state index is 12.0. The standard InChI is InChI=1S/C21H20ClN3O5/c1-3-7-28-21-16(22)8-14(9-19(21)27-4-2)11-24-25-20(26)12-23-15-5-6-17-18(10-15)30-13-29-17/h1,5-6,8-11,23H,4,7,12-13H2,2H3,(H,25,26)/b24-11-. The third kappa shape index (κ3) is 5.49. The molecule has 8 nitrogen and oxygen atoms in total. The van der Waals surface area contributed by atoms with Gasteiger partial charge in [0.05, 0.1) is 24.4 Å². The molecule has 1 aliphatic rings. The molecule has 2 aromatic carbocycles. The molecule has 3 rings (SSSR count). The van der Waals surface area contributed by atoms with Crippen LogP contribution in [0, 0.1) is 12.3 Å². The molecular weight excluding hydrogens is 410 g/mol. The van der Waals surface area contributed by atoms with Crippen molar-refractivity contribution in [2.75, 3.05) is 31.9 Å². The minimum absolute atomic E-state index is 0.0286.